The monoisotopic (exact) mass is 526 g/mol. The van der Waals surface area contributed by atoms with Crippen LogP contribution in [0, 0.1) is 18.3 Å². The fourth-order valence-electron chi connectivity index (χ4n) is 4.46. The molecule has 202 valence electrons. The smallest absolute Gasteiger partial charge is 0.222 e. The molecule has 0 aliphatic carbocycles. The summed E-state index contributed by atoms with van der Waals surface area (Å²) < 4.78 is 8.06. The van der Waals surface area contributed by atoms with Gasteiger partial charge in [0, 0.05) is 32.0 Å². The summed E-state index contributed by atoms with van der Waals surface area (Å²) in [5.74, 6) is 1.88. The Balaban J connectivity index is 1.50. The molecule has 2 aromatic carbocycles. The van der Waals surface area contributed by atoms with E-state index in [1.165, 1.54) is 0 Å². The summed E-state index contributed by atoms with van der Waals surface area (Å²) in [6.45, 7) is 6.70. The number of nitrogens with one attached hydrogen (secondary N) is 1. The summed E-state index contributed by atoms with van der Waals surface area (Å²) in [6, 6.07) is 17.0. The van der Waals surface area contributed by atoms with Crippen LogP contribution < -0.4 is 15.0 Å². The minimum atomic E-state index is -0.965. The predicted molar refractivity (Wildman–Crippen MR) is 151 cm³/mol. The molecule has 0 radical (unpaired) electrons. The number of amides is 1. The highest BCUT2D eigenvalue weighted by Crippen LogP contribution is 2.33. The van der Waals surface area contributed by atoms with E-state index in [1.807, 2.05) is 73.8 Å². The average molecular weight is 527 g/mol. The van der Waals surface area contributed by atoms with Crippen LogP contribution in [0.15, 0.2) is 61.1 Å². The van der Waals surface area contributed by atoms with E-state index < -0.39 is 5.60 Å². The molecule has 4 rings (SSSR count). The van der Waals surface area contributed by atoms with Gasteiger partial charge in [-0.15, -0.1) is 0 Å². The Kier molecular flexibility index (Phi) is 8.47. The number of hydrogen-bond donors (Lipinski definition) is 2. The highest BCUT2D eigenvalue weighted by atomic mass is 16.5. The normalized spacial score (nSPS) is 11.3. The van der Waals surface area contributed by atoms with E-state index in [0.717, 1.165) is 28.1 Å². The van der Waals surface area contributed by atoms with E-state index in [-0.39, 0.29) is 12.3 Å². The number of benzene rings is 2. The topological polar surface area (TPSA) is 116 Å². The van der Waals surface area contributed by atoms with Crippen LogP contribution in [-0.4, -0.2) is 44.7 Å². The van der Waals surface area contributed by atoms with Crippen LogP contribution in [0.2, 0.25) is 0 Å². The highest BCUT2D eigenvalue weighted by molar-refractivity contribution is 5.89. The minimum absolute atomic E-state index is 0.0896. The summed E-state index contributed by atoms with van der Waals surface area (Å²) in [4.78, 5) is 23.4. The molecule has 2 N–H and O–H groups in total. The highest BCUT2D eigenvalue weighted by Gasteiger charge is 2.25. The van der Waals surface area contributed by atoms with Gasteiger partial charge in [0.25, 0.3) is 0 Å². The third kappa shape index (κ3) is 6.36. The zero-order valence-electron chi connectivity index (χ0n) is 22.8. The quantitative estimate of drug-likeness (QED) is 0.275. The van der Waals surface area contributed by atoms with E-state index >= 15 is 0 Å². The van der Waals surface area contributed by atoms with Crippen molar-refractivity contribution in [2.75, 3.05) is 18.5 Å². The molecule has 9 heteroatoms. The Morgan fingerprint density at radius 3 is 2.69 bits per heavy atom. The SMILES string of the molecule is CCC(O)(CC)CC(=O)NCCn1ccc2ncnc(N(C)c3ccc(Oc4cccc(C#N)c4)c(C)c3)c21. The molecule has 0 saturated carbocycles. The van der Waals surface area contributed by atoms with Gasteiger partial charge in [-0.3, -0.25) is 4.79 Å². The fraction of sp³-hybridized carbons (Fsp3) is 0.333. The molecule has 0 atom stereocenters. The molecule has 1 amide bonds. The number of rotatable bonds is 11. The van der Waals surface area contributed by atoms with E-state index in [0.29, 0.717) is 43.0 Å². The van der Waals surface area contributed by atoms with Crippen molar-refractivity contribution in [1.29, 1.82) is 5.26 Å². The molecular formula is C30H34N6O3. The summed E-state index contributed by atoms with van der Waals surface area (Å²) >= 11 is 0. The third-order valence-corrected chi connectivity index (χ3v) is 7.07. The molecule has 9 nitrogen and oxygen atoms in total. The van der Waals surface area contributed by atoms with Gasteiger partial charge < -0.3 is 24.6 Å². The molecule has 0 bridgehead atoms. The van der Waals surface area contributed by atoms with Crippen molar-refractivity contribution in [1.82, 2.24) is 19.9 Å². The first-order chi connectivity index (χ1) is 18.8. The number of anilines is 2. The molecule has 0 saturated heterocycles. The molecular weight excluding hydrogens is 492 g/mol. The first-order valence-corrected chi connectivity index (χ1v) is 13.1. The predicted octanol–water partition coefficient (Wildman–Crippen LogP) is 5.23. The van der Waals surface area contributed by atoms with E-state index in [1.54, 1.807) is 24.5 Å². The summed E-state index contributed by atoms with van der Waals surface area (Å²) in [7, 11) is 1.95. The molecule has 2 heterocycles. The van der Waals surface area contributed by atoms with Crippen molar-refractivity contribution in [3.05, 3.63) is 72.2 Å². The van der Waals surface area contributed by atoms with Crippen LogP contribution in [0.3, 0.4) is 0 Å². The zero-order valence-corrected chi connectivity index (χ0v) is 22.8. The van der Waals surface area contributed by atoms with Gasteiger partial charge in [-0.05, 0) is 67.8 Å². The van der Waals surface area contributed by atoms with Gasteiger partial charge in [-0.2, -0.15) is 5.26 Å². The number of aromatic nitrogens is 3. The molecule has 0 unspecified atom stereocenters. The average Bonchev–Trinajstić information content (AvgIpc) is 3.37. The second kappa shape index (κ2) is 12.0. The second-order valence-electron chi connectivity index (χ2n) is 9.65. The molecule has 2 aromatic heterocycles. The van der Waals surface area contributed by atoms with Gasteiger partial charge in [0.2, 0.25) is 5.91 Å². The molecule has 4 aromatic rings. The number of carbonyl (C=O) groups is 1. The number of ether oxygens (including phenoxy) is 1. The van der Waals surface area contributed by atoms with Gasteiger partial charge in [0.05, 0.1) is 29.2 Å². The van der Waals surface area contributed by atoms with Crippen molar-refractivity contribution in [2.24, 2.45) is 0 Å². The van der Waals surface area contributed by atoms with Crippen LogP contribution in [0.5, 0.6) is 11.5 Å². The van der Waals surface area contributed by atoms with Gasteiger partial charge in [-0.1, -0.05) is 19.9 Å². The molecule has 39 heavy (non-hydrogen) atoms. The Bertz CT molecular complexity index is 1500. The van der Waals surface area contributed by atoms with Crippen LogP contribution >= 0.6 is 0 Å². The number of fused-ring (bicyclic) bond motifs is 1. The van der Waals surface area contributed by atoms with Crippen LogP contribution in [0.1, 0.15) is 44.2 Å². The lowest BCUT2D eigenvalue weighted by Gasteiger charge is -2.24. The Hall–Kier alpha value is -4.42. The lowest BCUT2D eigenvalue weighted by atomic mass is 9.93. The molecule has 0 aliphatic rings. The second-order valence-corrected chi connectivity index (χ2v) is 9.65. The molecule has 0 aliphatic heterocycles. The maximum absolute atomic E-state index is 12.4. The van der Waals surface area contributed by atoms with Crippen LogP contribution in [0.25, 0.3) is 11.0 Å². The van der Waals surface area contributed by atoms with Crippen molar-refractivity contribution >= 4 is 28.4 Å². The van der Waals surface area contributed by atoms with E-state index in [2.05, 4.69) is 21.4 Å². The van der Waals surface area contributed by atoms with Crippen molar-refractivity contribution in [3.63, 3.8) is 0 Å². The van der Waals surface area contributed by atoms with Gasteiger partial charge in [0.15, 0.2) is 5.82 Å². The third-order valence-electron chi connectivity index (χ3n) is 7.07. The largest absolute Gasteiger partial charge is 0.457 e. The number of carbonyl (C=O) groups excluding carboxylic acids is 1. The lowest BCUT2D eigenvalue weighted by molar-refractivity contribution is -0.126. The number of nitrogens with zero attached hydrogens (tertiary/aromatic N) is 5. The maximum atomic E-state index is 12.4. The van der Waals surface area contributed by atoms with Gasteiger partial charge in [-0.25, -0.2) is 9.97 Å². The van der Waals surface area contributed by atoms with Crippen LogP contribution in [0.4, 0.5) is 11.5 Å². The Morgan fingerprint density at radius 2 is 1.97 bits per heavy atom. The lowest BCUT2D eigenvalue weighted by Crippen LogP contribution is -2.37. The number of aryl methyl sites for hydroxylation is 1. The van der Waals surface area contributed by atoms with Crippen molar-refractivity contribution in [3.8, 4) is 17.6 Å². The summed E-state index contributed by atoms with van der Waals surface area (Å²) in [5.41, 5.74) is 3.10. The number of hydrogen-bond acceptors (Lipinski definition) is 7. The maximum Gasteiger partial charge on any atom is 0.222 e. The standard InChI is InChI=1S/C30H34N6O3/c1-5-30(38,6-2)18-27(37)32-13-15-36-14-12-25-28(36)29(34-20-33-25)35(4)23-10-11-26(21(3)16-23)39-24-9-7-8-22(17-24)19-31/h7-12,14,16-17,20,38H,5-6,13,15,18H2,1-4H3,(H,32,37). The van der Waals surface area contributed by atoms with Crippen molar-refractivity contribution in [2.45, 2.75) is 52.2 Å². The van der Waals surface area contributed by atoms with Crippen LogP contribution in [-0.2, 0) is 11.3 Å². The molecule has 0 spiro atoms. The fourth-order valence-corrected chi connectivity index (χ4v) is 4.46. The van der Waals surface area contributed by atoms with E-state index in [9.17, 15) is 9.90 Å². The van der Waals surface area contributed by atoms with E-state index in [4.69, 9.17) is 10.00 Å². The van der Waals surface area contributed by atoms with Gasteiger partial charge in [0.1, 0.15) is 23.3 Å². The number of aliphatic hydroxyl groups is 1. The van der Waals surface area contributed by atoms with Crippen molar-refractivity contribution < 1.29 is 14.6 Å². The Morgan fingerprint density at radius 1 is 1.18 bits per heavy atom. The number of nitriles is 1. The first kappa shape index (κ1) is 27.6. The zero-order chi connectivity index (χ0) is 28.0. The first-order valence-electron chi connectivity index (χ1n) is 13.1. The minimum Gasteiger partial charge on any atom is -0.457 e. The van der Waals surface area contributed by atoms with Gasteiger partial charge >= 0.3 is 0 Å². The Labute approximate surface area is 228 Å². The summed E-state index contributed by atoms with van der Waals surface area (Å²) in [6.07, 6.45) is 4.64. The summed E-state index contributed by atoms with van der Waals surface area (Å²) in [5, 5.41) is 22.5. The molecule has 0 fully saturated rings.